The van der Waals surface area contributed by atoms with Crippen LogP contribution < -0.4 is 0 Å². The van der Waals surface area contributed by atoms with E-state index >= 15 is 0 Å². The van der Waals surface area contributed by atoms with Crippen LogP contribution in [0.5, 0.6) is 0 Å². The van der Waals surface area contributed by atoms with Crippen molar-refractivity contribution in [2.24, 2.45) is 0 Å². The van der Waals surface area contributed by atoms with Crippen LogP contribution in [0.15, 0.2) is 30.3 Å². The Morgan fingerprint density at radius 2 is 1.89 bits per heavy atom. The summed E-state index contributed by atoms with van der Waals surface area (Å²) >= 11 is 7.71. The summed E-state index contributed by atoms with van der Waals surface area (Å²) in [7, 11) is 0. The van der Waals surface area contributed by atoms with Gasteiger partial charge in [-0.05, 0) is 37.3 Å². The van der Waals surface area contributed by atoms with Crippen molar-refractivity contribution in [1.29, 1.82) is 0 Å². The number of aryl methyl sites for hydroxylation is 1. The lowest BCUT2D eigenvalue weighted by atomic mass is 10.2. The summed E-state index contributed by atoms with van der Waals surface area (Å²) in [4.78, 5) is 10.7. The Balaban J connectivity index is 2.20. The summed E-state index contributed by atoms with van der Waals surface area (Å²) in [6.07, 6.45) is 0. The lowest BCUT2D eigenvalue weighted by Gasteiger charge is -2.01. The molecule has 0 saturated carbocycles. The quantitative estimate of drug-likeness (QED) is 0.614. The Morgan fingerprint density at radius 1 is 1.17 bits per heavy atom. The topological polar surface area (TPSA) is 25.8 Å². The summed E-state index contributed by atoms with van der Waals surface area (Å²) < 4.78 is 12.9. The predicted octanol–water partition coefficient (Wildman–Crippen LogP) is 4.46. The molecule has 0 aliphatic rings. The maximum atomic E-state index is 12.9. The molecule has 18 heavy (non-hydrogen) atoms. The number of thiophene rings is 1. The minimum atomic E-state index is -0.280. The number of hydrogen-bond acceptors (Lipinski definition) is 3. The minimum Gasteiger partial charge on any atom is -0.217 e. The van der Waals surface area contributed by atoms with Gasteiger partial charge in [-0.1, -0.05) is 11.6 Å². The number of nitrogens with zero attached hydrogens (tertiary/aromatic N) is 2. The predicted molar refractivity (Wildman–Crippen MR) is 72.6 cm³/mol. The molecule has 0 spiro atoms. The highest BCUT2D eigenvalue weighted by Crippen LogP contribution is 2.30. The summed E-state index contributed by atoms with van der Waals surface area (Å²) in [5.74, 6) is 0.243. The zero-order chi connectivity index (χ0) is 12.7. The normalized spacial score (nSPS) is 11.1. The van der Waals surface area contributed by atoms with E-state index in [1.165, 1.54) is 12.1 Å². The molecule has 0 amide bonds. The van der Waals surface area contributed by atoms with E-state index in [1.807, 2.05) is 13.0 Å². The molecule has 0 radical (unpaired) electrons. The maximum absolute atomic E-state index is 12.9. The molecule has 90 valence electrons. The lowest BCUT2D eigenvalue weighted by Crippen LogP contribution is -1.89. The van der Waals surface area contributed by atoms with Crippen molar-refractivity contribution in [2.45, 2.75) is 6.92 Å². The molecule has 1 aromatic carbocycles. The van der Waals surface area contributed by atoms with Crippen molar-refractivity contribution in [3.63, 3.8) is 0 Å². The van der Waals surface area contributed by atoms with Crippen LogP contribution in [0.25, 0.3) is 21.6 Å². The number of rotatable bonds is 1. The van der Waals surface area contributed by atoms with Gasteiger partial charge in [-0.3, -0.25) is 0 Å². The van der Waals surface area contributed by atoms with Crippen LogP contribution in [0.1, 0.15) is 4.88 Å². The molecule has 0 atom stereocenters. The third kappa shape index (κ3) is 1.98. The summed E-state index contributed by atoms with van der Waals surface area (Å²) in [6.45, 7) is 2.00. The van der Waals surface area contributed by atoms with Crippen LogP contribution in [0.2, 0.25) is 5.15 Å². The molecule has 2 heterocycles. The Hall–Kier alpha value is -1.52. The van der Waals surface area contributed by atoms with Crippen molar-refractivity contribution in [2.75, 3.05) is 0 Å². The maximum Gasteiger partial charge on any atom is 0.162 e. The second kappa shape index (κ2) is 4.30. The van der Waals surface area contributed by atoms with Gasteiger partial charge in [0.1, 0.15) is 15.8 Å². The molecule has 0 N–H and O–H groups in total. The smallest absolute Gasteiger partial charge is 0.162 e. The zero-order valence-electron chi connectivity index (χ0n) is 9.45. The molecule has 5 heteroatoms. The Bertz CT molecular complexity index is 722. The number of hydrogen-bond donors (Lipinski definition) is 0. The summed E-state index contributed by atoms with van der Waals surface area (Å²) in [6, 6.07) is 8.03. The average molecular weight is 279 g/mol. The summed E-state index contributed by atoms with van der Waals surface area (Å²) in [5.41, 5.74) is 0.756. The van der Waals surface area contributed by atoms with Crippen LogP contribution in [-0.2, 0) is 0 Å². The van der Waals surface area contributed by atoms with Crippen LogP contribution in [0.4, 0.5) is 4.39 Å². The third-order valence-corrected chi connectivity index (χ3v) is 3.80. The minimum absolute atomic E-state index is 0.280. The Labute approximate surface area is 112 Å². The number of fused-ring (bicyclic) bond motifs is 1. The van der Waals surface area contributed by atoms with Crippen LogP contribution in [0, 0.1) is 12.7 Å². The molecule has 0 fully saturated rings. The van der Waals surface area contributed by atoms with Gasteiger partial charge < -0.3 is 0 Å². The second-order valence-electron chi connectivity index (χ2n) is 3.92. The van der Waals surface area contributed by atoms with Gasteiger partial charge in [0, 0.05) is 15.8 Å². The first kappa shape index (κ1) is 11.6. The van der Waals surface area contributed by atoms with E-state index in [4.69, 9.17) is 11.6 Å². The van der Waals surface area contributed by atoms with Gasteiger partial charge in [-0.2, -0.15) is 0 Å². The second-order valence-corrected chi connectivity index (χ2v) is 5.51. The van der Waals surface area contributed by atoms with Gasteiger partial charge in [0.25, 0.3) is 0 Å². The van der Waals surface area contributed by atoms with Gasteiger partial charge in [0.15, 0.2) is 5.82 Å². The van der Waals surface area contributed by atoms with Crippen LogP contribution >= 0.6 is 22.9 Å². The number of halogens is 2. The number of benzene rings is 1. The Morgan fingerprint density at radius 3 is 2.61 bits per heavy atom. The molecular formula is C13H8ClFN2S. The monoisotopic (exact) mass is 278 g/mol. The zero-order valence-corrected chi connectivity index (χ0v) is 11.0. The molecule has 3 rings (SSSR count). The highest BCUT2D eigenvalue weighted by Gasteiger charge is 2.10. The fourth-order valence-corrected chi connectivity index (χ4v) is 2.89. The third-order valence-electron chi connectivity index (χ3n) is 2.57. The molecule has 0 bridgehead atoms. The van der Waals surface area contributed by atoms with Gasteiger partial charge in [-0.25, -0.2) is 14.4 Å². The van der Waals surface area contributed by atoms with Crippen molar-refractivity contribution >= 4 is 33.2 Å². The molecule has 3 aromatic rings. The van der Waals surface area contributed by atoms with Gasteiger partial charge in [0.05, 0.1) is 0 Å². The molecule has 2 aromatic heterocycles. The van der Waals surface area contributed by atoms with Gasteiger partial charge in [0.2, 0.25) is 0 Å². The first-order valence-electron chi connectivity index (χ1n) is 5.33. The first-order chi connectivity index (χ1) is 8.63. The van der Waals surface area contributed by atoms with E-state index in [0.29, 0.717) is 11.0 Å². The number of aromatic nitrogens is 2. The van der Waals surface area contributed by atoms with E-state index < -0.39 is 0 Å². The molecular weight excluding hydrogens is 271 g/mol. The highest BCUT2D eigenvalue weighted by atomic mass is 35.5. The molecule has 0 saturated heterocycles. The average Bonchev–Trinajstić information content (AvgIpc) is 2.71. The van der Waals surface area contributed by atoms with Crippen molar-refractivity contribution in [3.05, 3.63) is 46.2 Å². The SMILES string of the molecule is Cc1cc2c(Cl)nc(-c3ccc(F)cc3)nc2s1. The summed E-state index contributed by atoms with van der Waals surface area (Å²) in [5, 5.41) is 1.30. The van der Waals surface area contributed by atoms with E-state index in [-0.39, 0.29) is 5.82 Å². The van der Waals surface area contributed by atoms with E-state index in [1.54, 1.807) is 23.5 Å². The van der Waals surface area contributed by atoms with E-state index in [2.05, 4.69) is 9.97 Å². The Kier molecular flexibility index (Phi) is 2.76. The lowest BCUT2D eigenvalue weighted by molar-refractivity contribution is 0.628. The molecule has 0 unspecified atom stereocenters. The first-order valence-corrected chi connectivity index (χ1v) is 6.52. The highest BCUT2D eigenvalue weighted by molar-refractivity contribution is 7.18. The largest absolute Gasteiger partial charge is 0.217 e. The molecule has 0 aliphatic heterocycles. The van der Waals surface area contributed by atoms with E-state index in [9.17, 15) is 4.39 Å². The standard InChI is InChI=1S/C13H8ClFN2S/c1-7-6-10-11(14)16-12(17-13(10)18-7)8-2-4-9(15)5-3-8/h2-6H,1H3. The molecule has 0 aliphatic carbocycles. The van der Waals surface area contributed by atoms with Gasteiger partial charge in [-0.15, -0.1) is 11.3 Å². The fourth-order valence-electron chi connectivity index (χ4n) is 1.74. The van der Waals surface area contributed by atoms with Gasteiger partial charge >= 0.3 is 0 Å². The molecule has 2 nitrogen and oxygen atoms in total. The van der Waals surface area contributed by atoms with Crippen molar-refractivity contribution in [1.82, 2.24) is 9.97 Å². The van der Waals surface area contributed by atoms with E-state index in [0.717, 1.165) is 20.7 Å². The van der Waals surface area contributed by atoms with Crippen LogP contribution in [0.3, 0.4) is 0 Å². The van der Waals surface area contributed by atoms with Crippen LogP contribution in [-0.4, -0.2) is 9.97 Å². The fraction of sp³-hybridized carbons (Fsp3) is 0.0769. The van der Waals surface area contributed by atoms with Crippen molar-refractivity contribution < 1.29 is 4.39 Å². The van der Waals surface area contributed by atoms with Crippen molar-refractivity contribution in [3.8, 4) is 11.4 Å².